The molecule has 1 aromatic heterocycles. The van der Waals surface area contributed by atoms with Crippen molar-refractivity contribution >= 4 is 24.1 Å². The lowest BCUT2D eigenvalue weighted by molar-refractivity contribution is -0.112. The topological polar surface area (TPSA) is 37.8 Å². The minimum atomic E-state index is 0.0261. The van der Waals surface area contributed by atoms with Crippen LogP contribution in [0.1, 0.15) is 12.6 Å². The molecule has 0 amide bonds. The molecule has 0 spiro atoms. The standard InChI is InChI=1S/C8H10N2OS/c1-6(11)3-4-7-5-10(2)8(12)9-7/h3-5H,1-2H3,(H,9,12). The minimum absolute atomic E-state index is 0.0261. The van der Waals surface area contributed by atoms with Crippen molar-refractivity contribution in [3.8, 4) is 0 Å². The lowest BCUT2D eigenvalue weighted by Gasteiger charge is -1.82. The van der Waals surface area contributed by atoms with Crippen molar-refractivity contribution in [2.45, 2.75) is 6.92 Å². The van der Waals surface area contributed by atoms with Gasteiger partial charge in [0, 0.05) is 13.2 Å². The van der Waals surface area contributed by atoms with Crippen molar-refractivity contribution in [3.05, 3.63) is 22.7 Å². The van der Waals surface area contributed by atoms with E-state index in [1.54, 1.807) is 10.6 Å². The largest absolute Gasteiger partial charge is 0.331 e. The normalized spacial score (nSPS) is 10.8. The van der Waals surface area contributed by atoms with Crippen molar-refractivity contribution in [2.24, 2.45) is 7.05 Å². The average Bonchev–Trinajstić information content (AvgIpc) is 2.28. The number of aryl methyl sites for hydroxylation is 1. The van der Waals surface area contributed by atoms with Gasteiger partial charge in [-0.2, -0.15) is 0 Å². The van der Waals surface area contributed by atoms with E-state index in [2.05, 4.69) is 4.98 Å². The molecule has 12 heavy (non-hydrogen) atoms. The van der Waals surface area contributed by atoms with Gasteiger partial charge < -0.3 is 9.55 Å². The van der Waals surface area contributed by atoms with Crippen LogP contribution >= 0.6 is 12.2 Å². The highest BCUT2D eigenvalue weighted by Gasteiger charge is 1.91. The first kappa shape index (κ1) is 8.93. The number of rotatable bonds is 2. The van der Waals surface area contributed by atoms with Crippen molar-refractivity contribution in [2.75, 3.05) is 0 Å². The number of carbonyl (C=O) groups excluding carboxylic acids is 1. The van der Waals surface area contributed by atoms with Crippen molar-refractivity contribution in [3.63, 3.8) is 0 Å². The van der Waals surface area contributed by atoms with Gasteiger partial charge in [0.15, 0.2) is 10.6 Å². The van der Waals surface area contributed by atoms with Crippen LogP contribution in [0.5, 0.6) is 0 Å². The highest BCUT2D eigenvalue weighted by molar-refractivity contribution is 7.71. The first-order chi connectivity index (χ1) is 5.59. The summed E-state index contributed by atoms with van der Waals surface area (Å²) in [7, 11) is 1.85. The molecule has 0 bridgehead atoms. The predicted octanol–water partition coefficient (Wildman–Crippen LogP) is 1.68. The van der Waals surface area contributed by atoms with E-state index in [0.29, 0.717) is 4.77 Å². The van der Waals surface area contributed by atoms with Gasteiger partial charge in [-0.3, -0.25) is 4.79 Å². The fraction of sp³-hybridized carbons (Fsp3) is 0.250. The molecule has 0 aliphatic carbocycles. The van der Waals surface area contributed by atoms with Crippen LogP contribution in [0.15, 0.2) is 12.3 Å². The molecule has 0 fully saturated rings. The molecule has 0 radical (unpaired) electrons. The van der Waals surface area contributed by atoms with Gasteiger partial charge in [0.1, 0.15) is 0 Å². The van der Waals surface area contributed by atoms with Gasteiger partial charge in [-0.25, -0.2) is 0 Å². The molecular weight excluding hydrogens is 172 g/mol. The second kappa shape index (κ2) is 3.49. The van der Waals surface area contributed by atoms with Crippen LogP contribution < -0.4 is 0 Å². The second-order valence-electron chi connectivity index (χ2n) is 2.57. The number of hydrogen-bond acceptors (Lipinski definition) is 2. The molecule has 1 N–H and O–H groups in total. The van der Waals surface area contributed by atoms with Crippen LogP contribution in [0.2, 0.25) is 0 Å². The molecule has 0 saturated heterocycles. The van der Waals surface area contributed by atoms with E-state index in [1.807, 2.05) is 13.2 Å². The van der Waals surface area contributed by atoms with E-state index in [9.17, 15) is 4.79 Å². The van der Waals surface area contributed by atoms with Gasteiger partial charge in [0.25, 0.3) is 0 Å². The van der Waals surface area contributed by atoms with Crippen molar-refractivity contribution in [1.82, 2.24) is 9.55 Å². The number of aromatic nitrogens is 2. The van der Waals surface area contributed by atoms with Gasteiger partial charge in [-0.05, 0) is 31.3 Å². The zero-order chi connectivity index (χ0) is 9.14. The molecule has 0 atom stereocenters. The highest BCUT2D eigenvalue weighted by Crippen LogP contribution is 1.99. The fourth-order valence-electron chi connectivity index (χ4n) is 0.803. The van der Waals surface area contributed by atoms with Gasteiger partial charge in [-0.1, -0.05) is 0 Å². The average molecular weight is 182 g/mol. The number of nitrogens with one attached hydrogen (secondary N) is 1. The quantitative estimate of drug-likeness (QED) is 0.558. The van der Waals surface area contributed by atoms with Crippen LogP contribution in [0, 0.1) is 4.77 Å². The number of carbonyl (C=O) groups is 1. The molecule has 1 aromatic rings. The Morgan fingerprint density at radius 2 is 2.42 bits per heavy atom. The number of ketones is 1. The van der Waals surface area contributed by atoms with Crippen LogP contribution in [-0.2, 0) is 11.8 Å². The smallest absolute Gasteiger partial charge is 0.177 e. The summed E-state index contributed by atoms with van der Waals surface area (Å²) in [6, 6.07) is 0. The third kappa shape index (κ3) is 2.17. The molecule has 0 saturated carbocycles. The summed E-state index contributed by atoms with van der Waals surface area (Å²) < 4.78 is 2.44. The van der Waals surface area contributed by atoms with Crippen LogP contribution in [-0.4, -0.2) is 15.3 Å². The van der Waals surface area contributed by atoms with Gasteiger partial charge in [0.2, 0.25) is 0 Å². The molecule has 3 nitrogen and oxygen atoms in total. The predicted molar refractivity (Wildman–Crippen MR) is 50.3 cm³/mol. The molecule has 1 heterocycles. The lowest BCUT2D eigenvalue weighted by atomic mass is 10.3. The number of H-pyrrole nitrogens is 1. The number of hydrogen-bond donors (Lipinski definition) is 1. The summed E-state index contributed by atoms with van der Waals surface area (Å²) in [6.07, 6.45) is 5.04. The molecule has 0 aliphatic rings. The summed E-state index contributed by atoms with van der Waals surface area (Å²) in [4.78, 5) is 13.5. The van der Waals surface area contributed by atoms with Crippen molar-refractivity contribution < 1.29 is 4.79 Å². The Kier molecular flexibility index (Phi) is 2.60. The summed E-state index contributed by atoms with van der Waals surface area (Å²) in [5.41, 5.74) is 0.845. The Morgan fingerprint density at radius 3 is 2.83 bits per heavy atom. The van der Waals surface area contributed by atoms with Crippen LogP contribution in [0.25, 0.3) is 6.08 Å². The molecule has 0 aromatic carbocycles. The van der Waals surface area contributed by atoms with Gasteiger partial charge >= 0.3 is 0 Å². The van der Waals surface area contributed by atoms with Crippen LogP contribution in [0.3, 0.4) is 0 Å². The molecule has 0 unspecified atom stereocenters. The lowest BCUT2D eigenvalue weighted by Crippen LogP contribution is -1.81. The van der Waals surface area contributed by atoms with E-state index in [1.165, 1.54) is 13.0 Å². The maximum atomic E-state index is 10.6. The van der Waals surface area contributed by atoms with Crippen LogP contribution in [0.4, 0.5) is 0 Å². The third-order valence-corrected chi connectivity index (χ3v) is 1.79. The van der Waals surface area contributed by atoms with E-state index >= 15 is 0 Å². The minimum Gasteiger partial charge on any atom is -0.331 e. The number of aromatic amines is 1. The number of imidazole rings is 1. The van der Waals surface area contributed by atoms with E-state index < -0.39 is 0 Å². The Labute approximate surface area is 75.7 Å². The zero-order valence-corrected chi connectivity index (χ0v) is 7.81. The third-order valence-electron chi connectivity index (χ3n) is 1.40. The molecular formula is C8H10N2OS. The first-order valence-electron chi connectivity index (χ1n) is 3.54. The summed E-state index contributed by atoms with van der Waals surface area (Å²) in [5, 5.41) is 0. The maximum absolute atomic E-state index is 10.6. The van der Waals surface area contributed by atoms with Gasteiger partial charge in [0.05, 0.1) is 5.69 Å². The summed E-state index contributed by atoms with van der Waals surface area (Å²) >= 11 is 4.94. The van der Waals surface area contributed by atoms with E-state index in [4.69, 9.17) is 12.2 Å². The Balaban J connectivity index is 2.91. The Morgan fingerprint density at radius 1 is 1.75 bits per heavy atom. The van der Waals surface area contributed by atoms with E-state index in [0.717, 1.165) is 5.69 Å². The second-order valence-corrected chi connectivity index (χ2v) is 2.96. The Hall–Kier alpha value is -1.16. The SMILES string of the molecule is CC(=O)C=Cc1cn(C)c(=S)[nH]1. The molecule has 1 rings (SSSR count). The Bertz CT molecular complexity index is 373. The highest BCUT2D eigenvalue weighted by atomic mass is 32.1. The number of allylic oxidation sites excluding steroid dienone is 1. The number of nitrogens with zero attached hydrogens (tertiary/aromatic N) is 1. The summed E-state index contributed by atoms with van der Waals surface area (Å²) in [6.45, 7) is 1.51. The first-order valence-corrected chi connectivity index (χ1v) is 3.94. The zero-order valence-electron chi connectivity index (χ0n) is 7.00. The van der Waals surface area contributed by atoms with Crippen molar-refractivity contribution in [1.29, 1.82) is 0 Å². The monoisotopic (exact) mass is 182 g/mol. The maximum Gasteiger partial charge on any atom is 0.177 e. The molecule has 64 valence electrons. The van der Waals surface area contributed by atoms with E-state index in [-0.39, 0.29) is 5.78 Å². The molecule has 4 heteroatoms. The van der Waals surface area contributed by atoms with Gasteiger partial charge in [-0.15, -0.1) is 0 Å². The fourth-order valence-corrected chi connectivity index (χ4v) is 0.974. The summed E-state index contributed by atoms with van der Waals surface area (Å²) in [5.74, 6) is 0.0261. The molecule has 0 aliphatic heterocycles.